The van der Waals surface area contributed by atoms with Gasteiger partial charge in [-0.15, -0.1) is 0 Å². The molecule has 0 bridgehead atoms. The normalized spacial score (nSPS) is 14.4. The number of esters is 1. The highest BCUT2D eigenvalue weighted by Gasteiger charge is 2.39. The molecule has 0 aliphatic rings. The molecule has 0 aliphatic carbocycles. The number of hydrogen-bond acceptors (Lipinski definition) is 9. The summed E-state index contributed by atoms with van der Waals surface area (Å²) in [5, 5.41) is 5.75. The number of halogens is 1. The van der Waals surface area contributed by atoms with Crippen LogP contribution in [-0.2, 0) is 25.4 Å². The van der Waals surface area contributed by atoms with E-state index in [0.29, 0.717) is 22.7 Å². The third-order valence-corrected chi connectivity index (χ3v) is 7.38. The van der Waals surface area contributed by atoms with Crippen LogP contribution in [0, 0.1) is 0 Å². The average molecular weight is 552 g/mol. The number of carbonyl (C=O) groups excluding carboxylic acids is 2. The second-order valence-corrected chi connectivity index (χ2v) is 11.9. The fourth-order valence-electron chi connectivity index (χ4n) is 3.38. The topological polar surface area (TPSA) is 163 Å². The number of imidazole rings is 1. The maximum Gasteiger partial charge on any atom is 0.326 e. The molecule has 0 saturated carbocycles. The lowest BCUT2D eigenvalue weighted by Crippen LogP contribution is -2.49. The van der Waals surface area contributed by atoms with Gasteiger partial charge in [-0.25, -0.2) is 20.0 Å². The third-order valence-electron chi connectivity index (χ3n) is 5.13. The van der Waals surface area contributed by atoms with Crippen LogP contribution in [0.4, 0.5) is 5.82 Å². The summed E-state index contributed by atoms with van der Waals surface area (Å²) in [6.07, 6.45) is 1.62. The number of carbonyl (C=O) groups is 2. The molecule has 0 radical (unpaired) electrons. The SMILES string of the molecule is CC(C)OC(=O)C(C)(C)NP(=O)(CO[C@H](C)Cn1cnc2c(N)ncnc21)NC(=O)c1ccc(Cl)cc1. The first-order chi connectivity index (χ1) is 17.3. The van der Waals surface area contributed by atoms with E-state index in [1.165, 1.54) is 32.3 Å². The molecule has 0 saturated heterocycles. The van der Waals surface area contributed by atoms with E-state index in [1.54, 1.807) is 43.8 Å². The molecule has 0 spiro atoms. The Morgan fingerprint density at radius 3 is 2.49 bits per heavy atom. The molecule has 3 rings (SSSR count). The zero-order valence-electron chi connectivity index (χ0n) is 21.3. The quantitative estimate of drug-likeness (QED) is 0.238. The van der Waals surface area contributed by atoms with Crippen LogP contribution in [-0.4, -0.2) is 55.5 Å². The van der Waals surface area contributed by atoms with Gasteiger partial charge in [0.05, 0.1) is 25.1 Å². The van der Waals surface area contributed by atoms with Crippen LogP contribution in [0.25, 0.3) is 11.2 Å². The Hall–Kier alpha value is -3.05. The molecule has 12 nitrogen and oxygen atoms in total. The van der Waals surface area contributed by atoms with E-state index < -0.39 is 37.3 Å². The lowest BCUT2D eigenvalue weighted by atomic mass is 10.1. The zero-order valence-corrected chi connectivity index (χ0v) is 22.9. The molecule has 0 aliphatic heterocycles. The van der Waals surface area contributed by atoms with Crippen molar-refractivity contribution in [1.29, 1.82) is 0 Å². The van der Waals surface area contributed by atoms with E-state index in [-0.39, 0.29) is 17.5 Å². The summed E-state index contributed by atoms with van der Waals surface area (Å²) in [5.41, 5.74) is 5.68. The molecule has 2 heterocycles. The summed E-state index contributed by atoms with van der Waals surface area (Å²) in [4.78, 5) is 37.9. The molecule has 200 valence electrons. The number of nitrogens with two attached hydrogens (primary N) is 1. The molecular formula is C23H31ClN7O5P. The highest BCUT2D eigenvalue weighted by Crippen LogP contribution is 2.40. The Kier molecular flexibility index (Phi) is 8.91. The van der Waals surface area contributed by atoms with Crippen molar-refractivity contribution in [3.8, 4) is 0 Å². The Morgan fingerprint density at radius 1 is 1.16 bits per heavy atom. The number of aromatic nitrogens is 4. The first-order valence-electron chi connectivity index (χ1n) is 11.5. The molecule has 4 N–H and O–H groups in total. The first kappa shape index (κ1) is 28.5. The van der Waals surface area contributed by atoms with Crippen molar-refractivity contribution in [3.63, 3.8) is 0 Å². The van der Waals surface area contributed by atoms with Crippen LogP contribution in [0.3, 0.4) is 0 Å². The average Bonchev–Trinajstić information content (AvgIpc) is 3.21. The van der Waals surface area contributed by atoms with Crippen molar-refractivity contribution in [1.82, 2.24) is 29.7 Å². The van der Waals surface area contributed by atoms with Gasteiger partial charge in [0.25, 0.3) is 13.4 Å². The number of rotatable bonds is 11. The maximum absolute atomic E-state index is 14.0. The Bertz CT molecular complexity index is 1310. The van der Waals surface area contributed by atoms with E-state index in [0.717, 1.165) is 0 Å². The predicted octanol–water partition coefficient (Wildman–Crippen LogP) is 3.37. The van der Waals surface area contributed by atoms with Gasteiger partial charge in [-0.3, -0.25) is 19.2 Å². The fraction of sp³-hybridized carbons (Fsp3) is 0.435. The van der Waals surface area contributed by atoms with E-state index in [2.05, 4.69) is 25.1 Å². The van der Waals surface area contributed by atoms with Crippen molar-refractivity contribution in [2.24, 2.45) is 0 Å². The van der Waals surface area contributed by atoms with Crippen molar-refractivity contribution in [2.75, 3.05) is 12.1 Å². The standard InChI is InChI=1S/C23H31ClN7O5P/c1-14(2)36-22(33)23(4,5)30-37(34,29-21(32)16-6-8-17(24)9-7-16)13-35-15(3)10-31-12-28-18-19(25)26-11-27-20(18)31/h6-9,11-12,14-15H,10,13H2,1-5H3,(H2,25,26,27)(H2,29,30,32,34)/t15-,37?/m1/s1. The van der Waals surface area contributed by atoms with Gasteiger partial charge in [-0.05, 0) is 58.9 Å². The smallest absolute Gasteiger partial charge is 0.326 e. The summed E-state index contributed by atoms with van der Waals surface area (Å²) in [6.45, 7) is 8.52. The van der Waals surface area contributed by atoms with Crippen molar-refractivity contribution < 1.29 is 23.6 Å². The molecule has 14 heteroatoms. The summed E-state index contributed by atoms with van der Waals surface area (Å²) < 4.78 is 26.9. The number of anilines is 1. The number of nitrogens with one attached hydrogen (secondary N) is 2. The summed E-state index contributed by atoms with van der Waals surface area (Å²) in [7, 11) is -3.85. The van der Waals surface area contributed by atoms with Crippen molar-refractivity contribution in [3.05, 3.63) is 47.5 Å². The number of nitrogens with zero attached hydrogens (tertiary/aromatic N) is 4. The number of amides is 1. The van der Waals surface area contributed by atoms with Crippen molar-refractivity contribution in [2.45, 2.75) is 58.9 Å². The monoisotopic (exact) mass is 551 g/mol. The molecule has 1 unspecified atom stereocenters. The minimum absolute atomic E-state index is 0.240. The zero-order chi connectivity index (χ0) is 27.4. The van der Waals surface area contributed by atoms with E-state index in [1.807, 2.05) is 0 Å². The number of nitrogen functional groups attached to an aromatic ring is 1. The minimum Gasteiger partial charge on any atom is -0.462 e. The Labute approximate surface area is 219 Å². The van der Waals surface area contributed by atoms with Gasteiger partial charge >= 0.3 is 5.97 Å². The van der Waals surface area contributed by atoms with Gasteiger partial charge in [-0.1, -0.05) is 11.6 Å². The van der Waals surface area contributed by atoms with Crippen LogP contribution in [0.2, 0.25) is 5.02 Å². The lowest BCUT2D eigenvalue weighted by Gasteiger charge is -2.31. The predicted molar refractivity (Wildman–Crippen MR) is 140 cm³/mol. The van der Waals surface area contributed by atoms with Crippen LogP contribution in [0.5, 0.6) is 0 Å². The summed E-state index contributed by atoms with van der Waals surface area (Å²) in [6, 6.07) is 6.09. The molecule has 2 atom stereocenters. The molecule has 3 aromatic rings. The number of hydrogen-bond donors (Lipinski definition) is 3. The molecule has 1 aromatic carbocycles. The Balaban J connectivity index is 1.77. The maximum atomic E-state index is 14.0. The van der Waals surface area contributed by atoms with Gasteiger partial charge in [0.15, 0.2) is 11.5 Å². The largest absolute Gasteiger partial charge is 0.462 e. The van der Waals surface area contributed by atoms with E-state index in [4.69, 9.17) is 26.8 Å². The lowest BCUT2D eigenvalue weighted by molar-refractivity contribution is -0.153. The first-order valence-corrected chi connectivity index (χ1v) is 13.8. The van der Waals surface area contributed by atoms with Crippen LogP contribution >= 0.6 is 19.0 Å². The summed E-state index contributed by atoms with van der Waals surface area (Å²) >= 11 is 5.91. The highest BCUT2D eigenvalue weighted by atomic mass is 35.5. The second-order valence-electron chi connectivity index (χ2n) is 9.31. The highest BCUT2D eigenvalue weighted by molar-refractivity contribution is 7.60. The van der Waals surface area contributed by atoms with E-state index in [9.17, 15) is 14.2 Å². The third kappa shape index (κ3) is 7.48. The van der Waals surface area contributed by atoms with Crippen LogP contribution in [0.1, 0.15) is 45.0 Å². The van der Waals surface area contributed by atoms with Crippen molar-refractivity contribution >= 4 is 47.9 Å². The van der Waals surface area contributed by atoms with Gasteiger partial charge in [0.1, 0.15) is 23.7 Å². The van der Waals surface area contributed by atoms with Crippen LogP contribution in [0.15, 0.2) is 36.9 Å². The fourth-order valence-corrected chi connectivity index (χ4v) is 5.60. The molecular weight excluding hydrogens is 521 g/mol. The Morgan fingerprint density at radius 2 is 1.84 bits per heavy atom. The van der Waals surface area contributed by atoms with Gasteiger partial charge in [0, 0.05) is 10.6 Å². The van der Waals surface area contributed by atoms with Gasteiger partial charge in [-0.2, -0.15) is 0 Å². The summed E-state index contributed by atoms with van der Waals surface area (Å²) in [5.74, 6) is -0.991. The number of ether oxygens (including phenoxy) is 2. The van der Waals surface area contributed by atoms with Gasteiger partial charge in [0.2, 0.25) is 0 Å². The molecule has 37 heavy (non-hydrogen) atoms. The second kappa shape index (κ2) is 11.6. The molecule has 0 fully saturated rings. The minimum atomic E-state index is -3.85. The van der Waals surface area contributed by atoms with Crippen LogP contribution < -0.4 is 15.9 Å². The molecule has 1 amide bonds. The number of benzene rings is 1. The number of fused-ring (bicyclic) bond motifs is 1. The molecule has 2 aromatic heterocycles. The van der Waals surface area contributed by atoms with Gasteiger partial charge < -0.3 is 19.8 Å². The van der Waals surface area contributed by atoms with E-state index >= 15 is 0 Å².